The molecule has 138 valence electrons. The van der Waals surface area contributed by atoms with Gasteiger partial charge in [0.05, 0.1) is 6.61 Å². The third-order valence-electron chi connectivity index (χ3n) is 4.77. The van der Waals surface area contributed by atoms with Crippen LogP contribution in [0.3, 0.4) is 0 Å². The second kappa shape index (κ2) is 9.17. The molecule has 5 heteroatoms. The number of rotatable bonds is 6. The molecule has 26 heavy (non-hydrogen) atoms. The van der Waals surface area contributed by atoms with E-state index in [2.05, 4.69) is 22.3 Å². The Balaban J connectivity index is 1.45. The molecule has 1 aliphatic rings. The number of halogens is 1. The third kappa shape index (κ3) is 5.31. The average Bonchev–Trinajstić information content (AvgIpc) is 2.66. The van der Waals surface area contributed by atoms with E-state index in [0.29, 0.717) is 12.2 Å². The van der Waals surface area contributed by atoms with Crippen molar-refractivity contribution in [3.05, 3.63) is 70.2 Å². The van der Waals surface area contributed by atoms with E-state index in [9.17, 15) is 4.79 Å². The maximum absolute atomic E-state index is 12.4. The number of methoxy groups -OCH3 is 1. The van der Waals surface area contributed by atoms with Crippen LogP contribution in [-0.2, 0) is 17.9 Å². The number of ether oxygens (including phenoxy) is 1. The van der Waals surface area contributed by atoms with Gasteiger partial charge in [0.15, 0.2) is 0 Å². The topological polar surface area (TPSA) is 41.6 Å². The van der Waals surface area contributed by atoms with Crippen LogP contribution in [0.4, 0.5) is 0 Å². The van der Waals surface area contributed by atoms with Crippen molar-refractivity contribution >= 4 is 17.5 Å². The van der Waals surface area contributed by atoms with E-state index in [4.69, 9.17) is 16.3 Å². The smallest absolute Gasteiger partial charge is 0.251 e. The molecular formula is C21H25ClN2O2. The standard InChI is InChI=1S/C21H25ClN2O2/c1-26-15-17-2-6-18(7-3-17)21(25)23-20-10-12-24(13-11-20)14-16-4-8-19(22)9-5-16/h2-9,20H,10-15H2,1H3,(H,23,25). The summed E-state index contributed by atoms with van der Waals surface area (Å²) >= 11 is 5.94. The number of hydrogen-bond acceptors (Lipinski definition) is 3. The number of hydrogen-bond donors (Lipinski definition) is 1. The van der Waals surface area contributed by atoms with Gasteiger partial charge in [-0.15, -0.1) is 0 Å². The van der Waals surface area contributed by atoms with Gasteiger partial charge in [0.1, 0.15) is 0 Å². The molecule has 1 heterocycles. The van der Waals surface area contributed by atoms with E-state index in [1.165, 1.54) is 5.56 Å². The number of nitrogens with zero attached hydrogens (tertiary/aromatic N) is 1. The lowest BCUT2D eigenvalue weighted by molar-refractivity contribution is 0.0909. The zero-order valence-corrected chi connectivity index (χ0v) is 15.8. The summed E-state index contributed by atoms with van der Waals surface area (Å²) in [5.74, 6) is 0.00474. The maximum atomic E-state index is 12.4. The van der Waals surface area contributed by atoms with Gasteiger partial charge < -0.3 is 10.1 Å². The van der Waals surface area contributed by atoms with Gasteiger partial charge >= 0.3 is 0 Å². The van der Waals surface area contributed by atoms with Crippen molar-refractivity contribution in [2.24, 2.45) is 0 Å². The average molecular weight is 373 g/mol. The molecule has 1 N–H and O–H groups in total. The zero-order chi connectivity index (χ0) is 18.4. The minimum absolute atomic E-state index is 0.00474. The van der Waals surface area contributed by atoms with Crippen molar-refractivity contribution < 1.29 is 9.53 Å². The number of nitrogens with one attached hydrogen (secondary N) is 1. The highest BCUT2D eigenvalue weighted by Gasteiger charge is 2.21. The molecule has 0 bridgehead atoms. The van der Waals surface area contributed by atoms with E-state index in [1.54, 1.807) is 7.11 Å². The van der Waals surface area contributed by atoms with Crippen LogP contribution in [-0.4, -0.2) is 37.0 Å². The molecule has 0 saturated carbocycles. The molecular weight excluding hydrogens is 348 g/mol. The molecule has 0 unspecified atom stereocenters. The van der Waals surface area contributed by atoms with Gasteiger partial charge in [0.25, 0.3) is 5.91 Å². The molecule has 2 aromatic rings. The molecule has 2 aromatic carbocycles. The highest BCUT2D eigenvalue weighted by atomic mass is 35.5. The SMILES string of the molecule is COCc1ccc(C(=O)NC2CCN(Cc3ccc(Cl)cc3)CC2)cc1. The number of amides is 1. The molecule has 1 saturated heterocycles. The minimum atomic E-state index is 0.00474. The van der Waals surface area contributed by atoms with Crippen LogP contribution in [0.25, 0.3) is 0 Å². The fourth-order valence-corrected chi connectivity index (χ4v) is 3.40. The Kier molecular flexibility index (Phi) is 6.67. The monoisotopic (exact) mass is 372 g/mol. The molecule has 0 aliphatic carbocycles. The van der Waals surface area contributed by atoms with E-state index in [1.807, 2.05) is 36.4 Å². The third-order valence-corrected chi connectivity index (χ3v) is 5.02. The Hall–Kier alpha value is -1.88. The summed E-state index contributed by atoms with van der Waals surface area (Å²) in [4.78, 5) is 14.8. The van der Waals surface area contributed by atoms with Crippen molar-refractivity contribution in [2.45, 2.75) is 32.0 Å². The van der Waals surface area contributed by atoms with Gasteiger partial charge in [-0.1, -0.05) is 35.9 Å². The lowest BCUT2D eigenvalue weighted by atomic mass is 10.0. The van der Waals surface area contributed by atoms with E-state index in [-0.39, 0.29) is 11.9 Å². The Morgan fingerprint density at radius 1 is 1.08 bits per heavy atom. The Morgan fingerprint density at radius 3 is 2.31 bits per heavy atom. The van der Waals surface area contributed by atoms with Crippen LogP contribution in [0.5, 0.6) is 0 Å². The summed E-state index contributed by atoms with van der Waals surface area (Å²) in [5, 5.41) is 3.93. The lowest BCUT2D eigenvalue weighted by Crippen LogP contribution is -2.44. The number of likely N-dealkylation sites (tertiary alicyclic amines) is 1. The number of piperidine rings is 1. The van der Waals surface area contributed by atoms with Crippen LogP contribution in [0.1, 0.15) is 34.3 Å². The zero-order valence-electron chi connectivity index (χ0n) is 15.1. The Bertz CT molecular complexity index is 708. The van der Waals surface area contributed by atoms with Crippen molar-refractivity contribution in [3.63, 3.8) is 0 Å². The predicted octanol–water partition coefficient (Wildman–Crippen LogP) is 3.88. The summed E-state index contributed by atoms with van der Waals surface area (Å²) in [5.41, 5.74) is 3.04. The van der Waals surface area contributed by atoms with Crippen LogP contribution >= 0.6 is 11.6 Å². The van der Waals surface area contributed by atoms with Gasteiger partial charge in [0.2, 0.25) is 0 Å². The summed E-state index contributed by atoms with van der Waals surface area (Å²) < 4.78 is 5.10. The van der Waals surface area contributed by atoms with E-state index < -0.39 is 0 Å². The molecule has 4 nitrogen and oxygen atoms in total. The van der Waals surface area contributed by atoms with E-state index in [0.717, 1.165) is 43.1 Å². The molecule has 0 radical (unpaired) electrons. The van der Waals surface area contributed by atoms with E-state index >= 15 is 0 Å². The van der Waals surface area contributed by atoms with Crippen molar-refractivity contribution in [3.8, 4) is 0 Å². The normalized spacial score (nSPS) is 15.8. The fourth-order valence-electron chi connectivity index (χ4n) is 3.27. The summed E-state index contributed by atoms with van der Waals surface area (Å²) in [6.07, 6.45) is 1.95. The highest BCUT2D eigenvalue weighted by molar-refractivity contribution is 6.30. The minimum Gasteiger partial charge on any atom is -0.380 e. The first-order chi connectivity index (χ1) is 12.6. The fraction of sp³-hybridized carbons (Fsp3) is 0.381. The molecule has 1 amide bonds. The molecule has 1 aliphatic heterocycles. The summed E-state index contributed by atoms with van der Waals surface area (Å²) in [6.45, 7) is 3.47. The van der Waals surface area contributed by atoms with Gasteiger partial charge in [-0.25, -0.2) is 0 Å². The lowest BCUT2D eigenvalue weighted by Gasteiger charge is -2.32. The number of carbonyl (C=O) groups is 1. The van der Waals surface area contributed by atoms with Crippen LogP contribution in [0.15, 0.2) is 48.5 Å². The van der Waals surface area contributed by atoms with Gasteiger partial charge in [-0.05, 0) is 48.2 Å². The first kappa shape index (κ1) is 18.9. The van der Waals surface area contributed by atoms with Crippen LogP contribution in [0, 0.1) is 0 Å². The van der Waals surface area contributed by atoms with Crippen LogP contribution in [0.2, 0.25) is 5.02 Å². The van der Waals surface area contributed by atoms with Crippen LogP contribution < -0.4 is 5.32 Å². The first-order valence-electron chi connectivity index (χ1n) is 8.99. The summed E-state index contributed by atoms with van der Waals surface area (Å²) in [7, 11) is 1.67. The molecule has 1 fully saturated rings. The Morgan fingerprint density at radius 2 is 1.69 bits per heavy atom. The predicted molar refractivity (Wildman–Crippen MR) is 104 cm³/mol. The number of benzene rings is 2. The van der Waals surface area contributed by atoms with Crippen molar-refractivity contribution in [1.29, 1.82) is 0 Å². The van der Waals surface area contributed by atoms with Crippen molar-refractivity contribution in [1.82, 2.24) is 10.2 Å². The summed E-state index contributed by atoms with van der Waals surface area (Å²) in [6, 6.07) is 15.8. The first-order valence-corrected chi connectivity index (χ1v) is 9.37. The number of carbonyl (C=O) groups excluding carboxylic acids is 1. The quantitative estimate of drug-likeness (QED) is 0.836. The van der Waals surface area contributed by atoms with Gasteiger partial charge in [-0.3, -0.25) is 9.69 Å². The molecule has 0 aromatic heterocycles. The van der Waals surface area contributed by atoms with Crippen molar-refractivity contribution in [2.75, 3.05) is 20.2 Å². The largest absolute Gasteiger partial charge is 0.380 e. The van der Waals surface area contributed by atoms with Gasteiger partial charge in [0, 0.05) is 43.4 Å². The Labute approximate surface area is 160 Å². The second-order valence-electron chi connectivity index (χ2n) is 6.78. The molecule has 3 rings (SSSR count). The molecule has 0 spiro atoms. The second-order valence-corrected chi connectivity index (χ2v) is 7.22. The maximum Gasteiger partial charge on any atom is 0.251 e. The molecule has 0 atom stereocenters. The van der Waals surface area contributed by atoms with Gasteiger partial charge in [-0.2, -0.15) is 0 Å². The highest BCUT2D eigenvalue weighted by Crippen LogP contribution is 2.16.